The molecule has 50 valence electrons. The van der Waals surface area contributed by atoms with Gasteiger partial charge in [-0.25, -0.2) is 0 Å². The van der Waals surface area contributed by atoms with Gasteiger partial charge >= 0.3 is 0 Å². The molecular formula is C6H7BrOS. The van der Waals surface area contributed by atoms with E-state index in [4.69, 9.17) is 5.11 Å². The molecule has 0 aliphatic rings. The third-order valence-electron chi connectivity index (χ3n) is 1.02. The van der Waals surface area contributed by atoms with E-state index in [0.717, 1.165) is 9.35 Å². The quantitative estimate of drug-likeness (QED) is 0.750. The summed E-state index contributed by atoms with van der Waals surface area (Å²) >= 11 is 4.88. The maximum absolute atomic E-state index is 9.07. The molecule has 0 unspecified atom stereocenters. The number of hydrogen-bond donors (Lipinski definition) is 1. The molecule has 9 heavy (non-hydrogen) atoms. The molecule has 1 atom stereocenters. The van der Waals surface area contributed by atoms with Crippen LogP contribution in [0.2, 0.25) is 0 Å². The van der Waals surface area contributed by atoms with Gasteiger partial charge in [-0.05, 0) is 34.3 Å². The van der Waals surface area contributed by atoms with Crippen LogP contribution in [0, 0.1) is 0 Å². The van der Waals surface area contributed by atoms with Gasteiger partial charge in [0.1, 0.15) is 0 Å². The van der Waals surface area contributed by atoms with Crippen LogP contribution in [0.4, 0.5) is 0 Å². The maximum atomic E-state index is 9.07. The van der Waals surface area contributed by atoms with Gasteiger partial charge in [0.2, 0.25) is 0 Å². The van der Waals surface area contributed by atoms with E-state index in [-0.39, 0.29) is 6.10 Å². The molecule has 0 saturated carbocycles. The van der Waals surface area contributed by atoms with Crippen LogP contribution in [0.15, 0.2) is 15.9 Å². The molecule has 1 nitrogen and oxygen atoms in total. The summed E-state index contributed by atoms with van der Waals surface area (Å²) < 4.78 is 1.00. The van der Waals surface area contributed by atoms with E-state index in [9.17, 15) is 0 Å². The van der Waals surface area contributed by atoms with Gasteiger partial charge in [0.25, 0.3) is 0 Å². The summed E-state index contributed by atoms with van der Waals surface area (Å²) in [6.07, 6.45) is -0.348. The lowest BCUT2D eigenvalue weighted by molar-refractivity contribution is 0.202. The fourth-order valence-corrected chi connectivity index (χ4v) is 2.25. The Morgan fingerprint density at radius 3 is 2.67 bits per heavy atom. The zero-order valence-electron chi connectivity index (χ0n) is 4.97. The van der Waals surface area contributed by atoms with Crippen molar-refractivity contribution >= 4 is 27.3 Å². The van der Waals surface area contributed by atoms with E-state index in [2.05, 4.69) is 15.9 Å². The lowest BCUT2D eigenvalue weighted by Gasteiger charge is -1.98. The summed E-state index contributed by atoms with van der Waals surface area (Å²) in [5, 5.41) is 11.0. The van der Waals surface area contributed by atoms with Crippen LogP contribution < -0.4 is 0 Å². The lowest BCUT2D eigenvalue weighted by atomic mass is 10.3. The van der Waals surface area contributed by atoms with Crippen molar-refractivity contribution in [2.75, 3.05) is 0 Å². The van der Waals surface area contributed by atoms with Crippen molar-refractivity contribution in [3.63, 3.8) is 0 Å². The smallest absolute Gasteiger partial charge is 0.0865 e. The molecule has 0 bridgehead atoms. The lowest BCUT2D eigenvalue weighted by Crippen LogP contribution is -1.85. The van der Waals surface area contributed by atoms with Crippen molar-refractivity contribution < 1.29 is 5.11 Å². The molecule has 0 aliphatic heterocycles. The highest BCUT2D eigenvalue weighted by Gasteiger charge is 2.05. The number of aliphatic hydroxyl groups excluding tert-OH is 1. The molecule has 0 aromatic carbocycles. The first kappa shape index (κ1) is 7.25. The summed E-state index contributed by atoms with van der Waals surface area (Å²) in [7, 11) is 0. The van der Waals surface area contributed by atoms with Crippen molar-refractivity contribution in [2.24, 2.45) is 0 Å². The Kier molecular flexibility index (Phi) is 2.27. The van der Waals surface area contributed by atoms with Crippen LogP contribution in [-0.2, 0) is 0 Å². The molecule has 0 amide bonds. The minimum absolute atomic E-state index is 0.348. The first-order chi connectivity index (χ1) is 4.22. The third kappa shape index (κ3) is 1.53. The molecule has 0 fully saturated rings. The third-order valence-corrected chi connectivity index (χ3v) is 3.07. The molecule has 0 saturated heterocycles. The standard InChI is InChI=1S/C6H7BrOS/c1-4(8)6-5(7)2-3-9-6/h2-4,8H,1H3/t4-/m1/s1. The molecule has 0 radical (unpaired) electrons. The number of rotatable bonds is 1. The SMILES string of the molecule is C[C@@H](O)c1sccc1Br. The summed E-state index contributed by atoms with van der Waals surface area (Å²) in [6, 6.07) is 1.94. The molecule has 1 heterocycles. The molecule has 1 aromatic rings. The fraction of sp³-hybridized carbons (Fsp3) is 0.333. The first-order valence-electron chi connectivity index (χ1n) is 2.63. The number of aliphatic hydroxyl groups is 1. The normalized spacial score (nSPS) is 13.7. The van der Waals surface area contributed by atoms with Crippen LogP contribution in [0.5, 0.6) is 0 Å². The van der Waals surface area contributed by atoms with Crippen LogP contribution in [0.3, 0.4) is 0 Å². The van der Waals surface area contributed by atoms with Gasteiger partial charge in [-0.1, -0.05) is 0 Å². The van der Waals surface area contributed by atoms with E-state index in [1.807, 2.05) is 11.4 Å². The van der Waals surface area contributed by atoms with Gasteiger partial charge < -0.3 is 5.11 Å². The van der Waals surface area contributed by atoms with Crippen molar-refractivity contribution in [2.45, 2.75) is 13.0 Å². The minimum atomic E-state index is -0.348. The van der Waals surface area contributed by atoms with Crippen LogP contribution in [-0.4, -0.2) is 5.11 Å². The van der Waals surface area contributed by atoms with Crippen LogP contribution in [0.25, 0.3) is 0 Å². The maximum Gasteiger partial charge on any atom is 0.0865 e. The Morgan fingerprint density at radius 1 is 1.78 bits per heavy atom. The molecule has 1 aromatic heterocycles. The van der Waals surface area contributed by atoms with Gasteiger partial charge in [-0.3, -0.25) is 0 Å². The zero-order valence-corrected chi connectivity index (χ0v) is 7.37. The monoisotopic (exact) mass is 206 g/mol. The second-order valence-corrected chi connectivity index (χ2v) is 3.61. The molecule has 3 heteroatoms. The van der Waals surface area contributed by atoms with E-state index in [0.29, 0.717) is 0 Å². The Labute approximate surface area is 66.5 Å². The second kappa shape index (κ2) is 2.82. The van der Waals surface area contributed by atoms with E-state index in [1.54, 1.807) is 18.3 Å². The molecule has 0 aliphatic carbocycles. The second-order valence-electron chi connectivity index (χ2n) is 1.81. The van der Waals surface area contributed by atoms with Crippen molar-refractivity contribution in [1.29, 1.82) is 0 Å². The van der Waals surface area contributed by atoms with E-state index < -0.39 is 0 Å². The Morgan fingerprint density at radius 2 is 2.44 bits per heavy atom. The van der Waals surface area contributed by atoms with Gasteiger partial charge in [-0.2, -0.15) is 0 Å². The molecule has 1 rings (SSSR count). The topological polar surface area (TPSA) is 20.2 Å². The summed E-state index contributed by atoms with van der Waals surface area (Å²) in [6.45, 7) is 1.76. The Bertz CT molecular complexity index is 195. The molecule has 1 N–H and O–H groups in total. The van der Waals surface area contributed by atoms with Crippen molar-refractivity contribution in [1.82, 2.24) is 0 Å². The summed E-state index contributed by atoms with van der Waals surface area (Å²) in [5.74, 6) is 0. The minimum Gasteiger partial charge on any atom is -0.388 e. The van der Waals surface area contributed by atoms with Crippen molar-refractivity contribution in [3.8, 4) is 0 Å². The molecular weight excluding hydrogens is 200 g/mol. The van der Waals surface area contributed by atoms with Gasteiger partial charge in [0.05, 0.1) is 6.10 Å². The highest BCUT2D eigenvalue weighted by molar-refractivity contribution is 9.10. The van der Waals surface area contributed by atoms with Gasteiger partial charge in [-0.15, -0.1) is 11.3 Å². The first-order valence-corrected chi connectivity index (χ1v) is 4.30. The van der Waals surface area contributed by atoms with E-state index >= 15 is 0 Å². The highest BCUT2D eigenvalue weighted by Crippen LogP contribution is 2.28. The predicted molar refractivity (Wildman–Crippen MR) is 42.7 cm³/mol. The fourth-order valence-electron chi connectivity index (χ4n) is 0.604. The zero-order chi connectivity index (χ0) is 6.85. The van der Waals surface area contributed by atoms with E-state index in [1.165, 1.54) is 0 Å². The number of hydrogen-bond acceptors (Lipinski definition) is 2. The molecule has 0 spiro atoms. The van der Waals surface area contributed by atoms with Crippen LogP contribution >= 0.6 is 27.3 Å². The van der Waals surface area contributed by atoms with Gasteiger partial charge in [0.15, 0.2) is 0 Å². The average molecular weight is 207 g/mol. The highest BCUT2D eigenvalue weighted by atomic mass is 79.9. The summed E-state index contributed by atoms with van der Waals surface area (Å²) in [4.78, 5) is 0.995. The number of thiophene rings is 1. The van der Waals surface area contributed by atoms with Gasteiger partial charge in [0, 0.05) is 9.35 Å². The number of halogens is 1. The average Bonchev–Trinajstić information content (AvgIpc) is 2.13. The largest absolute Gasteiger partial charge is 0.388 e. The summed E-state index contributed by atoms with van der Waals surface area (Å²) in [5.41, 5.74) is 0. The Balaban J connectivity index is 2.94. The van der Waals surface area contributed by atoms with Crippen molar-refractivity contribution in [3.05, 3.63) is 20.8 Å². The van der Waals surface area contributed by atoms with Crippen LogP contribution in [0.1, 0.15) is 17.9 Å². The Hall–Kier alpha value is 0.140. The predicted octanol–water partition coefficient (Wildman–Crippen LogP) is 2.56.